The van der Waals surface area contributed by atoms with Gasteiger partial charge in [0.2, 0.25) is 0 Å². The lowest BCUT2D eigenvalue weighted by Gasteiger charge is -2.09. The minimum absolute atomic E-state index is 0.485. The van der Waals surface area contributed by atoms with Crippen LogP contribution in [0, 0.1) is 13.8 Å². The fraction of sp³-hybridized carbons (Fsp3) is 0.217. The summed E-state index contributed by atoms with van der Waals surface area (Å²) in [6, 6.07) is 15.7. The van der Waals surface area contributed by atoms with E-state index in [0.29, 0.717) is 17.6 Å². The Bertz CT molecular complexity index is 1120. The molecule has 6 heteroatoms. The number of nitrogens with zero attached hydrogens (tertiary/aromatic N) is 5. The zero-order chi connectivity index (χ0) is 20.4. The maximum absolute atomic E-state index is 6.14. The first-order valence-electron chi connectivity index (χ1n) is 9.62. The van der Waals surface area contributed by atoms with E-state index in [1.807, 2.05) is 50.2 Å². The molecule has 4 aromatic rings. The molecule has 4 rings (SSSR count). The van der Waals surface area contributed by atoms with E-state index in [4.69, 9.17) is 4.74 Å². The van der Waals surface area contributed by atoms with Gasteiger partial charge in [0, 0.05) is 12.4 Å². The van der Waals surface area contributed by atoms with E-state index in [1.54, 1.807) is 17.1 Å². The van der Waals surface area contributed by atoms with Crippen molar-refractivity contribution in [3.8, 4) is 28.8 Å². The van der Waals surface area contributed by atoms with Crippen LogP contribution < -0.4 is 4.74 Å². The molecular weight excluding hydrogens is 362 g/mol. The largest absolute Gasteiger partial charge is 0.453 e. The molecule has 0 bridgehead atoms. The zero-order valence-corrected chi connectivity index (χ0v) is 17.0. The first kappa shape index (κ1) is 18.8. The topological polar surface area (TPSA) is 65.7 Å². The average Bonchev–Trinajstić information content (AvgIpc) is 3.03. The van der Waals surface area contributed by atoms with E-state index in [0.717, 1.165) is 28.5 Å². The second kappa shape index (κ2) is 7.83. The van der Waals surface area contributed by atoms with Gasteiger partial charge in [-0.3, -0.25) is 4.98 Å². The van der Waals surface area contributed by atoms with Gasteiger partial charge in [-0.2, -0.15) is 9.78 Å². The summed E-state index contributed by atoms with van der Waals surface area (Å²) in [6.07, 6.45) is 3.46. The third kappa shape index (κ3) is 3.87. The van der Waals surface area contributed by atoms with Crippen molar-refractivity contribution in [3.63, 3.8) is 0 Å². The van der Waals surface area contributed by atoms with Crippen molar-refractivity contribution in [2.45, 2.75) is 33.6 Å². The smallest absolute Gasteiger partial charge is 0.251 e. The number of ether oxygens (including phenoxy) is 1. The molecule has 0 amide bonds. The molecule has 0 aliphatic heterocycles. The van der Waals surface area contributed by atoms with Crippen molar-refractivity contribution in [1.82, 2.24) is 24.7 Å². The molecule has 146 valence electrons. The van der Waals surface area contributed by atoms with Gasteiger partial charge in [-0.15, -0.1) is 0 Å². The van der Waals surface area contributed by atoms with Crippen LogP contribution in [0.4, 0.5) is 0 Å². The zero-order valence-electron chi connectivity index (χ0n) is 17.0. The van der Waals surface area contributed by atoms with Crippen molar-refractivity contribution in [2.24, 2.45) is 0 Å². The lowest BCUT2D eigenvalue weighted by molar-refractivity contribution is 0.474. The van der Waals surface area contributed by atoms with Crippen LogP contribution in [0.3, 0.4) is 0 Å². The molecule has 0 radical (unpaired) electrons. The fourth-order valence-electron chi connectivity index (χ4n) is 3.12. The average molecular weight is 385 g/mol. The predicted molar refractivity (Wildman–Crippen MR) is 112 cm³/mol. The third-order valence-electron chi connectivity index (χ3n) is 4.75. The molecule has 0 saturated carbocycles. The van der Waals surface area contributed by atoms with E-state index < -0.39 is 0 Å². The van der Waals surface area contributed by atoms with Crippen molar-refractivity contribution >= 4 is 0 Å². The molecule has 0 fully saturated rings. The number of aromatic nitrogens is 5. The van der Waals surface area contributed by atoms with Crippen molar-refractivity contribution < 1.29 is 4.74 Å². The first-order valence-corrected chi connectivity index (χ1v) is 9.62. The SMILES string of the molecule is Cc1nn(-c2nccc(-c3ccccn3)n2)c(C)c1Oc1ccc(C(C)C)cc1. The summed E-state index contributed by atoms with van der Waals surface area (Å²) in [5.74, 6) is 2.47. The second-order valence-corrected chi connectivity index (χ2v) is 7.19. The normalized spacial score (nSPS) is 11.1. The Balaban J connectivity index is 1.65. The number of aryl methyl sites for hydroxylation is 1. The molecule has 0 saturated heterocycles. The maximum Gasteiger partial charge on any atom is 0.251 e. The quantitative estimate of drug-likeness (QED) is 0.469. The predicted octanol–water partition coefficient (Wildman–Crippen LogP) is 5.26. The Kier molecular flexibility index (Phi) is 5.08. The van der Waals surface area contributed by atoms with Gasteiger partial charge >= 0.3 is 0 Å². The molecule has 0 spiro atoms. The van der Waals surface area contributed by atoms with Crippen LogP contribution in [-0.4, -0.2) is 24.7 Å². The summed E-state index contributed by atoms with van der Waals surface area (Å²) >= 11 is 0. The Morgan fingerprint density at radius 3 is 2.34 bits per heavy atom. The summed E-state index contributed by atoms with van der Waals surface area (Å²) in [4.78, 5) is 13.4. The van der Waals surface area contributed by atoms with Crippen LogP contribution >= 0.6 is 0 Å². The van der Waals surface area contributed by atoms with Gasteiger partial charge in [-0.1, -0.05) is 32.0 Å². The van der Waals surface area contributed by atoms with Crippen molar-refractivity contribution in [3.05, 3.63) is 77.9 Å². The van der Waals surface area contributed by atoms with E-state index >= 15 is 0 Å². The minimum Gasteiger partial charge on any atom is -0.453 e. The van der Waals surface area contributed by atoms with E-state index in [1.165, 1.54) is 5.56 Å². The Hall–Kier alpha value is -3.54. The van der Waals surface area contributed by atoms with E-state index in [2.05, 4.69) is 46.0 Å². The van der Waals surface area contributed by atoms with Gasteiger partial charge in [0.15, 0.2) is 5.75 Å². The molecular formula is C23H23N5O. The number of pyridine rings is 1. The highest BCUT2D eigenvalue weighted by Crippen LogP contribution is 2.30. The first-order chi connectivity index (χ1) is 14.0. The Morgan fingerprint density at radius 1 is 0.862 bits per heavy atom. The molecule has 0 aliphatic rings. The van der Waals surface area contributed by atoms with Crippen LogP contribution in [0.1, 0.15) is 36.7 Å². The molecule has 1 aromatic carbocycles. The summed E-state index contributed by atoms with van der Waals surface area (Å²) in [6.45, 7) is 8.22. The van der Waals surface area contributed by atoms with Gasteiger partial charge in [0.25, 0.3) is 5.95 Å². The number of rotatable bonds is 5. The minimum atomic E-state index is 0.485. The van der Waals surface area contributed by atoms with Gasteiger partial charge in [-0.05, 0) is 55.7 Å². The summed E-state index contributed by atoms with van der Waals surface area (Å²) in [7, 11) is 0. The molecule has 3 heterocycles. The molecule has 0 atom stereocenters. The van der Waals surface area contributed by atoms with Crippen LogP contribution in [0.5, 0.6) is 11.5 Å². The summed E-state index contributed by atoms with van der Waals surface area (Å²) in [5, 5.41) is 4.60. The number of benzene rings is 1. The summed E-state index contributed by atoms with van der Waals surface area (Å²) < 4.78 is 7.85. The number of hydrogen-bond acceptors (Lipinski definition) is 5. The monoisotopic (exact) mass is 385 g/mol. The molecule has 0 aliphatic carbocycles. The lowest BCUT2D eigenvalue weighted by atomic mass is 10.0. The van der Waals surface area contributed by atoms with Crippen LogP contribution in [-0.2, 0) is 0 Å². The molecule has 0 N–H and O–H groups in total. The molecule has 0 unspecified atom stereocenters. The standard InChI is InChI=1S/C23H23N5O/c1-15(2)18-8-10-19(11-9-18)29-22-16(3)27-28(17(22)4)23-25-14-12-21(26-23)20-7-5-6-13-24-20/h5-15H,1-4H3. The highest BCUT2D eigenvalue weighted by molar-refractivity contribution is 5.54. The van der Waals surface area contributed by atoms with Crippen molar-refractivity contribution in [1.29, 1.82) is 0 Å². The van der Waals surface area contributed by atoms with Gasteiger partial charge in [-0.25, -0.2) is 9.97 Å². The highest BCUT2D eigenvalue weighted by Gasteiger charge is 2.17. The van der Waals surface area contributed by atoms with Crippen LogP contribution in [0.15, 0.2) is 60.9 Å². The number of hydrogen-bond donors (Lipinski definition) is 0. The summed E-state index contributed by atoms with van der Waals surface area (Å²) in [5.41, 5.74) is 4.44. The second-order valence-electron chi connectivity index (χ2n) is 7.19. The Morgan fingerprint density at radius 2 is 1.66 bits per heavy atom. The third-order valence-corrected chi connectivity index (χ3v) is 4.75. The van der Waals surface area contributed by atoms with Gasteiger partial charge in [0.05, 0.1) is 17.1 Å². The van der Waals surface area contributed by atoms with E-state index in [9.17, 15) is 0 Å². The highest BCUT2D eigenvalue weighted by atomic mass is 16.5. The van der Waals surface area contributed by atoms with Crippen LogP contribution in [0.2, 0.25) is 0 Å². The van der Waals surface area contributed by atoms with E-state index in [-0.39, 0.29) is 0 Å². The van der Waals surface area contributed by atoms with Crippen molar-refractivity contribution in [2.75, 3.05) is 0 Å². The molecule has 3 aromatic heterocycles. The van der Waals surface area contributed by atoms with Gasteiger partial charge < -0.3 is 4.74 Å². The maximum atomic E-state index is 6.14. The molecule has 29 heavy (non-hydrogen) atoms. The lowest BCUT2D eigenvalue weighted by Crippen LogP contribution is -2.05. The fourth-order valence-corrected chi connectivity index (χ4v) is 3.12. The van der Waals surface area contributed by atoms with Crippen LogP contribution in [0.25, 0.3) is 17.3 Å². The Labute approximate surface area is 170 Å². The molecule has 6 nitrogen and oxygen atoms in total. The van der Waals surface area contributed by atoms with Gasteiger partial charge in [0.1, 0.15) is 11.4 Å².